The van der Waals surface area contributed by atoms with Crippen molar-refractivity contribution in [3.63, 3.8) is 0 Å². The van der Waals surface area contributed by atoms with E-state index >= 15 is 0 Å². The summed E-state index contributed by atoms with van der Waals surface area (Å²) in [5.74, 6) is 1.65. The molecule has 5 heteroatoms. The monoisotopic (exact) mass is 393 g/mol. The number of nitrogens with one attached hydrogen (secondary N) is 1. The Morgan fingerprint density at radius 2 is 1.83 bits per heavy atom. The minimum absolute atomic E-state index is 0.648. The zero-order chi connectivity index (χ0) is 21.4. The zero-order valence-corrected chi connectivity index (χ0v) is 17.6. The maximum absolute atomic E-state index is 9.52. The standard InChI is InChI=1S/C25H23N5/c1-15-9-10-18-12-22(20-11-16(2)27-23(13-20)30(4)5)24(29-25(18)28-15)21-8-6-7-19(14-26)17(21)3/h6-13H,1H2,2-5H3,(H,28,29). The van der Waals surface area contributed by atoms with E-state index in [1.807, 2.05) is 63.2 Å². The van der Waals surface area contributed by atoms with Crippen molar-refractivity contribution in [3.8, 4) is 28.5 Å². The molecule has 0 aliphatic carbocycles. The van der Waals surface area contributed by atoms with Crippen LogP contribution in [-0.4, -0.2) is 24.1 Å². The van der Waals surface area contributed by atoms with Crippen molar-refractivity contribution in [2.24, 2.45) is 0 Å². The lowest BCUT2D eigenvalue weighted by Crippen LogP contribution is -2.11. The normalized spacial score (nSPS) is 12.2. The lowest BCUT2D eigenvalue weighted by atomic mass is 9.93. The summed E-state index contributed by atoms with van der Waals surface area (Å²) in [6, 6.07) is 14.3. The van der Waals surface area contributed by atoms with Crippen molar-refractivity contribution < 1.29 is 0 Å². The first kappa shape index (κ1) is 19.4. The van der Waals surface area contributed by atoms with Gasteiger partial charge >= 0.3 is 0 Å². The van der Waals surface area contributed by atoms with Crippen LogP contribution in [0.15, 0.2) is 54.8 Å². The summed E-state index contributed by atoms with van der Waals surface area (Å²) in [7, 11) is 3.97. The summed E-state index contributed by atoms with van der Waals surface area (Å²) in [6.45, 7) is 7.95. The van der Waals surface area contributed by atoms with Crippen LogP contribution in [-0.2, 0) is 0 Å². The smallest absolute Gasteiger partial charge is 0.138 e. The molecule has 2 aromatic heterocycles. The van der Waals surface area contributed by atoms with E-state index in [1.165, 1.54) is 0 Å². The molecule has 30 heavy (non-hydrogen) atoms. The maximum Gasteiger partial charge on any atom is 0.138 e. The molecule has 0 atom stereocenters. The molecule has 3 aromatic rings. The average molecular weight is 393 g/mol. The van der Waals surface area contributed by atoms with Crippen molar-refractivity contribution in [3.05, 3.63) is 77.1 Å². The fourth-order valence-electron chi connectivity index (χ4n) is 3.61. The van der Waals surface area contributed by atoms with Crippen LogP contribution in [0.25, 0.3) is 28.5 Å². The third-order valence-corrected chi connectivity index (χ3v) is 5.21. The van der Waals surface area contributed by atoms with E-state index in [-0.39, 0.29) is 0 Å². The van der Waals surface area contributed by atoms with Gasteiger partial charge in [-0.05, 0) is 61.4 Å². The fraction of sp³-hybridized carbons (Fsp3) is 0.160. The van der Waals surface area contributed by atoms with Gasteiger partial charge in [-0.15, -0.1) is 0 Å². The number of pyridine rings is 2. The van der Waals surface area contributed by atoms with Crippen molar-refractivity contribution >= 4 is 17.7 Å². The molecule has 0 saturated carbocycles. The Morgan fingerprint density at radius 3 is 2.57 bits per heavy atom. The Hall–Kier alpha value is -3.91. The Balaban J connectivity index is 2.03. The van der Waals surface area contributed by atoms with E-state index in [2.05, 4.69) is 41.1 Å². The van der Waals surface area contributed by atoms with E-state index in [4.69, 9.17) is 4.98 Å². The van der Waals surface area contributed by atoms with E-state index in [0.29, 0.717) is 5.56 Å². The molecule has 0 amide bonds. The van der Waals surface area contributed by atoms with Gasteiger partial charge in [0.15, 0.2) is 0 Å². The van der Waals surface area contributed by atoms with Crippen LogP contribution in [0.2, 0.25) is 0 Å². The fourth-order valence-corrected chi connectivity index (χ4v) is 3.61. The van der Waals surface area contributed by atoms with E-state index in [0.717, 1.165) is 56.5 Å². The van der Waals surface area contributed by atoms with Crippen molar-refractivity contribution in [1.82, 2.24) is 9.97 Å². The lowest BCUT2D eigenvalue weighted by molar-refractivity contribution is 1.05. The number of anilines is 2. The highest BCUT2D eigenvalue weighted by Crippen LogP contribution is 2.38. The Morgan fingerprint density at radius 1 is 1.03 bits per heavy atom. The number of benzene rings is 1. The number of nitriles is 1. The van der Waals surface area contributed by atoms with Crippen molar-refractivity contribution in [2.45, 2.75) is 13.8 Å². The molecule has 0 bridgehead atoms. The van der Waals surface area contributed by atoms with Gasteiger partial charge in [0.2, 0.25) is 0 Å². The second-order valence-corrected chi connectivity index (χ2v) is 7.65. The third-order valence-electron chi connectivity index (χ3n) is 5.21. The molecule has 0 spiro atoms. The first-order chi connectivity index (χ1) is 14.4. The van der Waals surface area contributed by atoms with E-state index < -0.39 is 0 Å². The molecule has 3 heterocycles. The summed E-state index contributed by atoms with van der Waals surface area (Å²) in [5, 5.41) is 12.8. The van der Waals surface area contributed by atoms with Gasteiger partial charge in [-0.2, -0.15) is 5.26 Å². The zero-order valence-electron chi connectivity index (χ0n) is 17.6. The van der Waals surface area contributed by atoms with Crippen LogP contribution < -0.4 is 10.2 Å². The molecule has 0 radical (unpaired) electrons. The van der Waals surface area contributed by atoms with Crippen LogP contribution in [0, 0.1) is 25.2 Å². The number of aromatic nitrogens is 2. The molecule has 5 nitrogen and oxygen atoms in total. The minimum Gasteiger partial charge on any atom is -0.363 e. The number of rotatable bonds is 3. The second-order valence-electron chi connectivity index (χ2n) is 7.65. The number of nitrogens with zero attached hydrogens (tertiary/aromatic N) is 4. The lowest BCUT2D eigenvalue weighted by Gasteiger charge is -2.20. The predicted octanol–water partition coefficient (Wildman–Crippen LogP) is 5.32. The Kier molecular flexibility index (Phi) is 4.85. The Bertz CT molecular complexity index is 1250. The molecule has 0 fully saturated rings. The van der Waals surface area contributed by atoms with E-state index in [1.54, 1.807) is 0 Å². The first-order valence-corrected chi connectivity index (χ1v) is 9.73. The molecule has 1 aliphatic rings. The molecule has 1 aliphatic heterocycles. The van der Waals surface area contributed by atoms with Crippen molar-refractivity contribution in [2.75, 3.05) is 24.3 Å². The molecule has 4 rings (SSSR count). The number of aryl methyl sites for hydroxylation is 1. The summed E-state index contributed by atoms with van der Waals surface area (Å²) >= 11 is 0. The number of hydrogen-bond acceptors (Lipinski definition) is 5. The highest BCUT2D eigenvalue weighted by Gasteiger charge is 2.19. The topological polar surface area (TPSA) is 64.8 Å². The van der Waals surface area contributed by atoms with Crippen LogP contribution in [0.4, 0.5) is 11.6 Å². The van der Waals surface area contributed by atoms with Crippen LogP contribution >= 0.6 is 0 Å². The summed E-state index contributed by atoms with van der Waals surface area (Å²) in [6.07, 6.45) is 3.96. The number of hydrogen-bond donors (Lipinski definition) is 1. The predicted molar refractivity (Wildman–Crippen MR) is 123 cm³/mol. The number of allylic oxidation sites excluding steroid dienone is 1. The van der Waals surface area contributed by atoms with Gasteiger partial charge < -0.3 is 10.2 Å². The van der Waals surface area contributed by atoms with Gasteiger partial charge in [0.05, 0.1) is 17.3 Å². The molecule has 0 saturated heterocycles. The molecule has 0 unspecified atom stereocenters. The Labute approximate surface area is 177 Å². The average Bonchev–Trinajstić information content (AvgIpc) is 2.72. The van der Waals surface area contributed by atoms with Gasteiger partial charge in [-0.1, -0.05) is 18.7 Å². The summed E-state index contributed by atoms with van der Waals surface area (Å²) < 4.78 is 0. The largest absolute Gasteiger partial charge is 0.363 e. The van der Waals surface area contributed by atoms with Crippen LogP contribution in [0.3, 0.4) is 0 Å². The first-order valence-electron chi connectivity index (χ1n) is 9.73. The summed E-state index contributed by atoms with van der Waals surface area (Å²) in [4.78, 5) is 11.6. The molecular weight excluding hydrogens is 370 g/mol. The highest BCUT2D eigenvalue weighted by atomic mass is 15.1. The SMILES string of the molecule is C=C1C=Cc2cc(-c3cc(C)nc(N(C)C)c3)c(-c3cccc(C#N)c3C)nc2N1. The molecular formula is C25H23N5. The second kappa shape index (κ2) is 7.49. The third kappa shape index (κ3) is 3.44. The molecule has 1 aromatic carbocycles. The van der Waals surface area contributed by atoms with Gasteiger partial charge in [0.25, 0.3) is 0 Å². The van der Waals surface area contributed by atoms with Gasteiger partial charge in [-0.25, -0.2) is 9.97 Å². The van der Waals surface area contributed by atoms with Crippen molar-refractivity contribution in [1.29, 1.82) is 5.26 Å². The minimum atomic E-state index is 0.648. The quantitative estimate of drug-likeness (QED) is 0.653. The van der Waals surface area contributed by atoms with E-state index in [9.17, 15) is 5.26 Å². The summed E-state index contributed by atoms with van der Waals surface area (Å²) in [5.41, 5.74) is 8.10. The molecule has 1 N–H and O–H groups in total. The van der Waals surface area contributed by atoms with Gasteiger partial charge in [0, 0.05) is 42.2 Å². The highest BCUT2D eigenvalue weighted by molar-refractivity contribution is 5.88. The number of fused-ring (bicyclic) bond motifs is 1. The molecule has 148 valence electrons. The van der Waals surface area contributed by atoms with Crippen LogP contribution in [0.1, 0.15) is 22.4 Å². The van der Waals surface area contributed by atoms with Gasteiger partial charge in [0.1, 0.15) is 11.6 Å². The van der Waals surface area contributed by atoms with Gasteiger partial charge in [-0.3, -0.25) is 0 Å². The van der Waals surface area contributed by atoms with Crippen LogP contribution in [0.5, 0.6) is 0 Å². The maximum atomic E-state index is 9.52.